The van der Waals surface area contributed by atoms with E-state index in [0.29, 0.717) is 11.0 Å². The number of benzene rings is 1. The number of hydrogen-bond acceptors (Lipinski definition) is 1. The van der Waals surface area contributed by atoms with Crippen LogP contribution in [0.15, 0.2) is 24.5 Å². The molecule has 0 aliphatic rings. The molecule has 1 aromatic heterocycles. The molecule has 0 fully saturated rings. The number of nitrogens with zero attached hydrogens (tertiary/aromatic N) is 2. The van der Waals surface area contributed by atoms with Crippen molar-refractivity contribution in [2.24, 2.45) is 7.05 Å². The highest BCUT2D eigenvalue weighted by Gasteiger charge is 2.10. The van der Waals surface area contributed by atoms with E-state index in [9.17, 15) is 8.78 Å². The third kappa shape index (κ3) is 1.24. The Morgan fingerprint density at radius 2 is 1.92 bits per heavy atom. The normalized spacial score (nSPS) is 10.7. The summed E-state index contributed by atoms with van der Waals surface area (Å²) in [6.45, 7) is 0. The van der Waals surface area contributed by atoms with Gasteiger partial charge in [0.05, 0.1) is 12.3 Å². The van der Waals surface area contributed by atoms with Crippen molar-refractivity contribution in [3.8, 4) is 0 Å². The predicted octanol–water partition coefficient (Wildman–Crippen LogP) is 1.34. The van der Waals surface area contributed by atoms with Crippen LogP contribution in [-0.2, 0) is 7.05 Å². The Morgan fingerprint density at radius 3 is 2.69 bits per heavy atom. The van der Waals surface area contributed by atoms with Crippen molar-refractivity contribution in [2.75, 3.05) is 0 Å². The third-order valence-corrected chi connectivity index (χ3v) is 1.90. The Hall–Kier alpha value is -1.58. The quantitative estimate of drug-likeness (QED) is 0.560. The van der Waals surface area contributed by atoms with Crippen LogP contribution in [-0.4, -0.2) is 4.98 Å². The van der Waals surface area contributed by atoms with Gasteiger partial charge in [0, 0.05) is 6.07 Å². The molecule has 0 N–H and O–H groups in total. The molecule has 4 heteroatoms. The monoisotopic (exact) mass is 181 g/mol. The van der Waals surface area contributed by atoms with E-state index in [4.69, 9.17) is 0 Å². The van der Waals surface area contributed by atoms with Crippen LogP contribution in [0.5, 0.6) is 0 Å². The van der Waals surface area contributed by atoms with Crippen molar-refractivity contribution in [1.29, 1.82) is 0 Å². The van der Waals surface area contributed by atoms with Gasteiger partial charge < -0.3 is 0 Å². The fourth-order valence-electron chi connectivity index (χ4n) is 1.21. The Kier molecular flexibility index (Phi) is 1.69. The molecule has 0 saturated heterocycles. The first-order valence-electron chi connectivity index (χ1n) is 3.78. The van der Waals surface area contributed by atoms with Crippen molar-refractivity contribution in [1.82, 2.24) is 4.98 Å². The number of fused-ring (bicyclic) bond motifs is 1. The average Bonchev–Trinajstić information content (AvgIpc) is 2.09. The Labute approximate surface area is 73.5 Å². The summed E-state index contributed by atoms with van der Waals surface area (Å²) in [6.07, 6.45) is 3.22. The molecule has 66 valence electrons. The predicted molar refractivity (Wildman–Crippen MR) is 42.8 cm³/mol. The van der Waals surface area contributed by atoms with Gasteiger partial charge in [-0.1, -0.05) is 0 Å². The second-order valence-corrected chi connectivity index (χ2v) is 2.79. The molecular formula is C9H7F2N2+. The number of rotatable bonds is 0. The molecule has 0 bridgehead atoms. The molecule has 2 nitrogen and oxygen atoms in total. The standard InChI is InChI=1S/C9H7F2N2/c1-13-3-2-12-8-4-6(10)7(11)5-9(8)13/h2-5H,1H3/q+1. The first-order valence-corrected chi connectivity index (χ1v) is 3.78. The SMILES string of the molecule is C[n+]1ccnc2cc(F)c(F)cc21. The number of hydrogen-bond donors (Lipinski definition) is 0. The minimum absolute atomic E-state index is 0.448. The van der Waals surface area contributed by atoms with Crippen molar-refractivity contribution in [2.45, 2.75) is 0 Å². The van der Waals surface area contributed by atoms with Gasteiger partial charge in [-0.25, -0.2) is 13.8 Å². The second-order valence-electron chi connectivity index (χ2n) is 2.79. The summed E-state index contributed by atoms with van der Waals surface area (Å²) >= 11 is 0. The van der Waals surface area contributed by atoms with Crippen LogP contribution >= 0.6 is 0 Å². The van der Waals surface area contributed by atoms with E-state index in [1.54, 1.807) is 24.0 Å². The zero-order valence-corrected chi connectivity index (χ0v) is 6.96. The summed E-state index contributed by atoms with van der Waals surface area (Å²) < 4.78 is 27.3. The summed E-state index contributed by atoms with van der Waals surface area (Å²) in [5.41, 5.74) is 1.02. The maximum absolute atomic E-state index is 12.8. The van der Waals surface area contributed by atoms with E-state index in [2.05, 4.69) is 4.98 Å². The smallest absolute Gasteiger partial charge is 0.234 e. The summed E-state index contributed by atoms with van der Waals surface area (Å²) in [5.74, 6) is -1.72. The molecule has 0 spiro atoms. The molecule has 0 atom stereocenters. The number of aromatic nitrogens is 2. The number of aryl methyl sites for hydroxylation is 1. The van der Waals surface area contributed by atoms with Gasteiger partial charge in [0.15, 0.2) is 17.8 Å². The lowest BCUT2D eigenvalue weighted by molar-refractivity contribution is -0.645. The summed E-state index contributed by atoms with van der Waals surface area (Å²) in [7, 11) is 1.75. The van der Waals surface area contributed by atoms with Crippen LogP contribution in [0.25, 0.3) is 11.0 Å². The van der Waals surface area contributed by atoms with Crippen LogP contribution in [0.4, 0.5) is 8.78 Å². The molecule has 0 unspecified atom stereocenters. The van der Waals surface area contributed by atoms with Gasteiger partial charge >= 0.3 is 0 Å². The Bertz CT molecular complexity index is 468. The van der Waals surface area contributed by atoms with Crippen molar-refractivity contribution in [3.05, 3.63) is 36.2 Å². The Morgan fingerprint density at radius 1 is 1.23 bits per heavy atom. The zero-order chi connectivity index (χ0) is 9.42. The minimum Gasteiger partial charge on any atom is -0.244 e. The lowest BCUT2D eigenvalue weighted by atomic mass is 10.3. The van der Waals surface area contributed by atoms with E-state index < -0.39 is 11.6 Å². The highest BCUT2D eigenvalue weighted by atomic mass is 19.2. The van der Waals surface area contributed by atoms with Gasteiger partial charge in [-0.2, -0.15) is 4.57 Å². The fourth-order valence-corrected chi connectivity index (χ4v) is 1.21. The average molecular weight is 181 g/mol. The summed E-state index contributed by atoms with van der Waals surface area (Å²) in [6, 6.07) is 2.22. The molecule has 1 heterocycles. The zero-order valence-electron chi connectivity index (χ0n) is 6.96. The number of halogens is 2. The third-order valence-electron chi connectivity index (χ3n) is 1.90. The van der Waals surface area contributed by atoms with Crippen LogP contribution in [0, 0.1) is 11.6 Å². The van der Waals surface area contributed by atoms with E-state index in [1.165, 1.54) is 0 Å². The van der Waals surface area contributed by atoms with E-state index in [1.807, 2.05) is 0 Å². The highest BCUT2D eigenvalue weighted by molar-refractivity contribution is 5.70. The van der Waals surface area contributed by atoms with Gasteiger partial charge in [0.2, 0.25) is 5.52 Å². The lowest BCUT2D eigenvalue weighted by Gasteiger charge is -1.96. The van der Waals surface area contributed by atoms with Crippen LogP contribution in [0.1, 0.15) is 0 Å². The van der Waals surface area contributed by atoms with Gasteiger partial charge in [0.1, 0.15) is 12.6 Å². The fraction of sp³-hybridized carbons (Fsp3) is 0.111. The van der Waals surface area contributed by atoms with Gasteiger partial charge in [-0.3, -0.25) is 0 Å². The largest absolute Gasteiger partial charge is 0.244 e. The molecule has 13 heavy (non-hydrogen) atoms. The van der Waals surface area contributed by atoms with E-state index in [0.717, 1.165) is 12.1 Å². The van der Waals surface area contributed by atoms with E-state index in [-0.39, 0.29) is 0 Å². The molecule has 0 aliphatic carbocycles. The maximum Gasteiger partial charge on any atom is 0.234 e. The lowest BCUT2D eigenvalue weighted by Crippen LogP contribution is -2.28. The molecule has 0 saturated carbocycles. The molecule has 0 aliphatic heterocycles. The molecule has 1 aromatic carbocycles. The van der Waals surface area contributed by atoms with Crippen LogP contribution < -0.4 is 4.57 Å². The molecule has 2 rings (SSSR count). The Balaban J connectivity index is 2.89. The van der Waals surface area contributed by atoms with Crippen LogP contribution in [0.3, 0.4) is 0 Å². The highest BCUT2D eigenvalue weighted by Crippen LogP contribution is 2.12. The molecule has 0 radical (unpaired) electrons. The first kappa shape index (κ1) is 8.04. The van der Waals surface area contributed by atoms with Gasteiger partial charge in [-0.15, -0.1) is 0 Å². The first-order chi connectivity index (χ1) is 6.18. The minimum atomic E-state index is -0.869. The summed E-state index contributed by atoms with van der Waals surface area (Å²) in [5, 5.41) is 0. The topological polar surface area (TPSA) is 16.8 Å². The maximum atomic E-state index is 12.8. The van der Waals surface area contributed by atoms with Gasteiger partial charge in [-0.05, 0) is 0 Å². The molecular weight excluding hydrogens is 174 g/mol. The molecule has 2 aromatic rings. The molecule has 0 amide bonds. The van der Waals surface area contributed by atoms with E-state index >= 15 is 0 Å². The van der Waals surface area contributed by atoms with Crippen molar-refractivity contribution in [3.63, 3.8) is 0 Å². The second kappa shape index (κ2) is 2.73. The van der Waals surface area contributed by atoms with Crippen LogP contribution in [0.2, 0.25) is 0 Å². The van der Waals surface area contributed by atoms with Crippen molar-refractivity contribution < 1.29 is 13.3 Å². The van der Waals surface area contributed by atoms with Gasteiger partial charge in [0.25, 0.3) is 0 Å². The summed E-state index contributed by atoms with van der Waals surface area (Å²) in [4.78, 5) is 3.92. The van der Waals surface area contributed by atoms with Crippen molar-refractivity contribution >= 4 is 11.0 Å².